The minimum atomic E-state index is -0.499. The fourth-order valence-electron chi connectivity index (χ4n) is 3.39. The SMILES string of the molecule is CCc1ccc(CC)c(-c2nonc2NC(=O)c2oc3ccc(F)cc3c2C)c1. The molecule has 0 aliphatic rings. The van der Waals surface area contributed by atoms with Crippen LogP contribution < -0.4 is 5.32 Å². The summed E-state index contributed by atoms with van der Waals surface area (Å²) in [4.78, 5) is 12.8. The molecule has 4 rings (SSSR count). The molecule has 2 aromatic carbocycles. The molecular formula is C22H20FN3O3. The molecule has 0 aliphatic heterocycles. The third-order valence-corrected chi connectivity index (χ3v) is 5.04. The first kappa shape index (κ1) is 18.9. The molecule has 0 spiro atoms. The van der Waals surface area contributed by atoms with Gasteiger partial charge in [0.15, 0.2) is 11.5 Å². The van der Waals surface area contributed by atoms with Crippen molar-refractivity contribution in [2.24, 2.45) is 0 Å². The van der Waals surface area contributed by atoms with Crippen LogP contribution in [-0.4, -0.2) is 16.2 Å². The number of carbonyl (C=O) groups excluding carboxylic acids is 1. The van der Waals surface area contributed by atoms with Crippen molar-refractivity contribution in [3.63, 3.8) is 0 Å². The fourth-order valence-corrected chi connectivity index (χ4v) is 3.39. The van der Waals surface area contributed by atoms with E-state index in [0.29, 0.717) is 22.2 Å². The molecule has 0 radical (unpaired) electrons. The van der Waals surface area contributed by atoms with Crippen LogP contribution in [0.4, 0.5) is 10.2 Å². The minimum absolute atomic E-state index is 0.0950. The summed E-state index contributed by atoms with van der Waals surface area (Å²) < 4.78 is 24.1. The molecule has 0 aliphatic carbocycles. The van der Waals surface area contributed by atoms with Crippen molar-refractivity contribution in [1.82, 2.24) is 10.3 Å². The second-order valence-electron chi connectivity index (χ2n) is 6.81. The monoisotopic (exact) mass is 393 g/mol. The van der Waals surface area contributed by atoms with Crippen LogP contribution in [0.25, 0.3) is 22.2 Å². The van der Waals surface area contributed by atoms with Gasteiger partial charge in [0.25, 0.3) is 5.91 Å². The van der Waals surface area contributed by atoms with E-state index in [0.717, 1.165) is 29.5 Å². The van der Waals surface area contributed by atoms with Crippen LogP contribution in [0.3, 0.4) is 0 Å². The number of carbonyl (C=O) groups is 1. The largest absolute Gasteiger partial charge is 0.451 e. The second-order valence-corrected chi connectivity index (χ2v) is 6.81. The lowest BCUT2D eigenvalue weighted by molar-refractivity contribution is 0.0997. The van der Waals surface area contributed by atoms with E-state index in [1.807, 2.05) is 19.1 Å². The summed E-state index contributed by atoms with van der Waals surface area (Å²) >= 11 is 0. The van der Waals surface area contributed by atoms with E-state index in [9.17, 15) is 9.18 Å². The number of furan rings is 1. The number of aromatic nitrogens is 2. The Balaban J connectivity index is 1.70. The molecule has 2 heterocycles. The Hall–Kier alpha value is -3.48. The lowest BCUT2D eigenvalue weighted by Crippen LogP contribution is -2.13. The maximum atomic E-state index is 13.5. The van der Waals surface area contributed by atoms with Gasteiger partial charge in [-0.15, -0.1) is 0 Å². The summed E-state index contributed by atoms with van der Waals surface area (Å²) in [6.07, 6.45) is 1.67. The highest BCUT2D eigenvalue weighted by atomic mass is 19.1. The molecule has 7 heteroatoms. The van der Waals surface area contributed by atoms with E-state index in [1.165, 1.54) is 18.2 Å². The Morgan fingerprint density at radius 2 is 1.93 bits per heavy atom. The Bertz CT molecular complexity index is 1210. The average molecular weight is 393 g/mol. The zero-order valence-electron chi connectivity index (χ0n) is 16.4. The molecule has 29 heavy (non-hydrogen) atoms. The zero-order chi connectivity index (χ0) is 20.5. The van der Waals surface area contributed by atoms with E-state index in [2.05, 4.69) is 28.6 Å². The summed E-state index contributed by atoms with van der Waals surface area (Å²) in [7, 11) is 0. The fraction of sp³-hybridized carbons (Fsp3) is 0.227. The zero-order valence-corrected chi connectivity index (χ0v) is 16.4. The van der Waals surface area contributed by atoms with Crippen LogP contribution in [0.5, 0.6) is 0 Å². The standard InChI is InChI=1S/C22H20FN3O3/c1-4-13-6-7-14(5-2)17(10-13)19-21(26-29-25-19)24-22(27)20-12(3)16-11-15(23)8-9-18(16)28-20/h6-11H,4-5H2,1-3H3,(H,24,26,27). The summed E-state index contributed by atoms with van der Waals surface area (Å²) in [5.41, 5.74) is 4.54. The van der Waals surface area contributed by atoms with Crippen LogP contribution in [0.1, 0.15) is 41.1 Å². The molecule has 2 aromatic heterocycles. The van der Waals surface area contributed by atoms with Crippen LogP contribution in [0.15, 0.2) is 45.4 Å². The van der Waals surface area contributed by atoms with Gasteiger partial charge < -0.3 is 4.42 Å². The molecule has 0 saturated heterocycles. The topological polar surface area (TPSA) is 81.2 Å². The Morgan fingerprint density at radius 3 is 2.69 bits per heavy atom. The van der Waals surface area contributed by atoms with Crippen LogP contribution in [0.2, 0.25) is 0 Å². The van der Waals surface area contributed by atoms with E-state index in [-0.39, 0.29) is 17.4 Å². The van der Waals surface area contributed by atoms with Gasteiger partial charge in [-0.25, -0.2) is 9.02 Å². The quantitative estimate of drug-likeness (QED) is 0.497. The smallest absolute Gasteiger partial charge is 0.292 e. The molecule has 0 atom stereocenters. The van der Waals surface area contributed by atoms with Crippen molar-refractivity contribution in [1.29, 1.82) is 0 Å². The highest BCUT2D eigenvalue weighted by Crippen LogP contribution is 2.31. The van der Waals surface area contributed by atoms with Gasteiger partial charge in [0.2, 0.25) is 5.82 Å². The number of benzene rings is 2. The van der Waals surface area contributed by atoms with Crippen molar-refractivity contribution < 1.29 is 18.2 Å². The number of halogens is 1. The first-order valence-corrected chi connectivity index (χ1v) is 9.46. The number of hydrogen-bond acceptors (Lipinski definition) is 5. The van der Waals surface area contributed by atoms with E-state index < -0.39 is 5.91 Å². The highest BCUT2D eigenvalue weighted by molar-refractivity contribution is 6.07. The van der Waals surface area contributed by atoms with Crippen molar-refractivity contribution in [3.8, 4) is 11.3 Å². The van der Waals surface area contributed by atoms with Crippen molar-refractivity contribution in [2.75, 3.05) is 5.32 Å². The molecule has 0 fully saturated rings. The van der Waals surface area contributed by atoms with E-state index >= 15 is 0 Å². The number of nitrogens with one attached hydrogen (secondary N) is 1. The number of fused-ring (bicyclic) bond motifs is 1. The van der Waals surface area contributed by atoms with Crippen LogP contribution >= 0.6 is 0 Å². The third-order valence-electron chi connectivity index (χ3n) is 5.04. The Morgan fingerprint density at radius 1 is 1.10 bits per heavy atom. The number of anilines is 1. The molecule has 6 nitrogen and oxygen atoms in total. The number of hydrogen-bond donors (Lipinski definition) is 1. The van der Waals surface area contributed by atoms with Gasteiger partial charge in [0, 0.05) is 16.5 Å². The maximum Gasteiger partial charge on any atom is 0.292 e. The van der Waals surface area contributed by atoms with Crippen molar-refractivity contribution in [2.45, 2.75) is 33.6 Å². The average Bonchev–Trinajstić information content (AvgIpc) is 3.32. The Kier molecular flexibility index (Phi) is 4.88. The van der Waals surface area contributed by atoms with E-state index in [1.54, 1.807) is 6.92 Å². The first-order valence-electron chi connectivity index (χ1n) is 9.46. The van der Waals surface area contributed by atoms with Gasteiger partial charge in [-0.2, -0.15) is 0 Å². The normalized spacial score (nSPS) is 11.2. The highest BCUT2D eigenvalue weighted by Gasteiger charge is 2.23. The lowest BCUT2D eigenvalue weighted by atomic mass is 9.98. The number of rotatable bonds is 5. The molecule has 0 bridgehead atoms. The van der Waals surface area contributed by atoms with Gasteiger partial charge in [-0.05, 0) is 65.5 Å². The van der Waals surface area contributed by atoms with Gasteiger partial charge in [0.05, 0.1) is 0 Å². The number of aryl methyl sites for hydroxylation is 3. The first-order chi connectivity index (χ1) is 14.0. The van der Waals surface area contributed by atoms with Crippen LogP contribution in [0, 0.1) is 12.7 Å². The summed E-state index contributed by atoms with van der Waals surface area (Å²) in [5, 5.41) is 11.1. The molecule has 0 unspecified atom stereocenters. The van der Waals surface area contributed by atoms with Gasteiger partial charge in [0.1, 0.15) is 11.4 Å². The molecular weight excluding hydrogens is 373 g/mol. The van der Waals surface area contributed by atoms with Gasteiger partial charge in [-0.3, -0.25) is 10.1 Å². The second kappa shape index (κ2) is 7.50. The molecule has 1 N–H and O–H groups in total. The predicted octanol–water partition coefficient (Wildman–Crippen LogP) is 5.31. The minimum Gasteiger partial charge on any atom is -0.451 e. The van der Waals surface area contributed by atoms with Gasteiger partial charge in [-0.1, -0.05) is 26.0 Å². The molecule has 1 amide bonds. The summed E-state index contributed by atoms with van der Waals surface area (Å²) in [6, 6.07) is 10.3. The molecule has 0 saturated carbocycles. The van der Waals surface area contributed by atoms with Gasteiger partial charge >= 0.3 is 0 Å². The summed E-state index contributed by atoms with van der Waals surface area (Å²) in [6.45, 7) is 5.83. The maximum absolute atomic E-state index is 13.5. The number of amides is 1. The lowest BCUT2D eigenvalue weighted by Gasteiger charge is -2.09. The number of nitrogens with zero attached hydrogens (tertiary/aromatic N) is 2. The van der Waals surface area contributed by atoms with Crippen molar-refractivity contribution in [3.05, 3.63) is 64.7 Å². The third kappa shape index (κ3) is 3.40. The van der Waals surface area contributed by atoms with Crippen LogP contribution in [-0.2, 0) is 12.8 Å². The molecule has 4 aromatic rings. The van der Waals surface area contributed by atoms with E-state index in [4.69, 9.17) is 9.05 Å². The summed E-state index contributed by atoms with van der Waals surface area (Å²) in [5.74, 6) is -0.582. The predicted molar refractivity (Wildman–Crippen MR) is 107 cm³/mol. The van der Waals surface area contributed by atoms with Crippen molar-refractivity contribution >= 4 is 22.7 Å². The Labute approximate surface area is 166 Å². The molecule has 148 valence electrons.